The number of halogens is 1. The number of hydrogen-bond acceptors (Lipinski definition) is 1. The largest absolute Gasteiger partial charge is 0.348 e. The van der Waals surface area contributed by atoms with Crippen LogP contribution in [0.25, 0.3) is 0 Å². The van der Waals surface area contributed by atoms with E-state index in [1.165, 1.54) is 19.1 Å². The van der Waals surface area contributed by atoms with Crippen molar-refractivity contribution in [3.05, 3.63) is 48.4 Å². The van der Waals surface area contributed by atoms with E-state index in [9.17, 15) is 9.18 Å². The quantitative estimate of drug-likeness (QED) is 0.544. The molecule has 0 unspecified atom stereocenters. The number of carbonyl (C=O) groups excluding carboxylic acids is 1. The van der Waals surface area contributed by atoms with Crippen LogP contribution in [0, 0.1) is 0 Å². The van der Waals surface area contributed by atoms with Crippen LogP contribution in [0.1, 0.15) is 20.3 Å². The molecular weight excluding hydrogens is 205 g/mol. The first-order valence-electron chi connectivity index (χ1n) is 5.20. The molecule has 0 saturated carbocycles. The van der Waals surface area contributed by atoms with Crippen molar-refractivity contribution in [2.24, 2.45) is 0 Å². The predicted octanol–water partition coefficient (Wildman–Crippen LogP) is 3.05. The Hall–Kier alpha value is -1.64. The van der Waals surface area contributed by atoms with Gasteiger partial charge in [-0.15, -0.1) is 0 Å². The van der Waals surface area contributed by atoms with Crippen molar-refractivity contribution < 1.29 is 9.18 Å². The van der Waals surface area contributed by atoms with Gasteiger partial charge in [-0.3, -0.25) is 4.79 Å². The highest BCUT2D eigenvalue weighted by molar-refractivity contribution is 5.87. The van der Waals surface area contributed by atoms with Gasteiger partial charge >= 0.3 is 0 Å². The van der Waals surface area contributed by atoms with Crippen molar-refractivity contribution >= 4 is 5.91 Å². The molecule has 1 amide bonds. The molecule has 0 rings (SSSR count). The summed E-state index contributed by atoms with van der Waals surface area (Å²) in [6.45, 7) is 7.25. The first kappa shape index (κ1) is 14.4. The molecule has 0 aliphatic rings. The fourth-order valence-corrected chi connectivity index (χ4v) is 0.894. The van der Waals surface area contributed by atoms with Crippen LogP contribution in [0.3, 0.4) is 0 Å². The molecule has 0 bridgehead atoms. The molecule has 0 aliphatic carbocycles. The minimum atomic E-state index is -0.281. The van der Waals surface area contributed by atoms with Crippen LogP contribution in [-0.4, -0.2) is 12.5 Å². The van der Waals surface area contributed by atoms with Crippen LogP contribution in [0.5, 0.6) is 0 Å². The lowest BCUT2D eigenvalue weighted by Crippen LogP contribution is -2.22. The summed E-state index contributed by atoms with van der Waals surface area (Å²) in [7, 11) is 0. The fraction of sp³-hybridized carbons (Fsp3) is 0.308. The van der Waals surface area contributed by atoms with Crippen LogP contribution >= 0.6 is 0 Å². The van der Waals surface area contributed by atoms with Crippen LogP contribution in [0.4, 0.5) is 4.39 Å². The topological polar surface area (TPSA) is 29.1 Å². The molecule has 0 radical (unpaired) electrons. The summed E-state index contributed by atoms with van der Waals surface area (Å²) >= 11 is 0. The van der Waals surface area contributed by atoms with E-state index >= 15 is 0 Å². The monoisotopic (exact) mass is 223 g/mol. The molecule has 0 saturated heterocycles. The van der Waals surface area contributed by atoms with Gasteiger partial charge in [-0.25, -0.2) is 4.39 Å². The molecule has 0 aliphatic heterocycles. The van der Waals surface area contributed by atoms with Gasteiger partial charge in [0, 0.05) is 6.54 Å². The van der Waals surface area contributed by atoms with Gasteiger partial charge in [0.1, 0.15) is 0 Å². The lowest BCUT2D eigenvalue weighted by atomic mass is 10.2. The Bertz CT molecular complexity index is 323. The maximum absolute atomic E-state index is 12.4. The molecule has 16 heavy (non-hydrogen) atoms. The van der Waals surface area contributed by atoms with E-state index in [1.807, 2.05) is 6.92 Å². The summed E-state index contributed by atoms with van der Waals surface area (Å²) in [5.74, 6) is -0.438. The van der Waals surface area contributed by atoms with Gasteiger partial charge in [0.05, 0.1) is 5.83 Å². The maximum atomic E-state index is 12.4. The van der Waals surface area contributed by atoms with Crippen molar-refractivity contribution in [3.8, 4) is 0 Å². The Morgan fingerprint density at radius 3 is 2.62 bits per heavy atom. The molecule has 0 spiro atoms. The number of allylic oxidation sites excluding steroid dienone is 4. The second-order valence-corrected chi connectivity index (χ2v) is 3.23. The number of amides is 1. The first-order valence-corrected chi connectivity index (χ1v) is 5.20. The molecule has 88 valence electrons. The summed E-state index contributed by atoms with van der Waals surface area (Å²) in [5.41, 5.74) is 0.759. The SMILES string of the molecule is C=C/C(=C\C=C(/C)F)CNC(=O)/C=C/CC. The molecule has 0 aromatic rings. The maximum Gasteiger partial charge on any atom is 0.243 e. The van der Waals surface area contributed by atoms with Crippen molar-refractivity contribution in [1.29, 1.82) is 0 Å². The second kappa shape index (κ2) is 8.65. The van der Waals surface area contributed by atoms with E-state index in [4.69, 9.17) is 0 Å². The molecule has 3 heteroatoms. The van der Waals surface area contributed by atoms with Crippen LogP contribution in [0.2, 0.25) is 0 Å². The smallest absolute Gasteiger partial charge is 0.243 e. The predicted molar refractivity (Wildman–Crippen MR) is 65.6 cm³/mol. The molecular formula is C13H18FNO. The Morgan fingerprint density at radius 1 is 1.44 bits per heavy atom. The van der Waals surface area contributed by atoms with Crippen molar-refractivity contribution in [2.75, 3.05) is 6.54 Å². The van der Waals surface area contributed by atoms with Crippen LogP contribution in [0.15, 0.2) is 48.4 Å². The van der Waals surface area contributed by atoms with Gasteiger partial charge in [0.25, 0.3) is 0 Å². The van der Waals surface area contributed by atoms with E-state index in [2.05, 4.69) is 11.9 Å². The summed E-state index contributed by atoms with van der Waals surface area (Å²) in [6.07, 6.45) is 8.59. The average molecular weight is 223 g/mol. The number of rotatable bonds is 6. The number of hydrogen-bond donors (Lipinski definition) is 1. The average Bonchev–Trinajstić information content (AvgIpc) is 2.26. The van der Waals surface area contributed by atoms with Gasteiger partial charge in [0.2, 0.25) is 5.91 Å². The van der Waals surface area contributed by atoms with Gasteiger partial charge < -0.3 is 5.32 Å². The van der Waals surface area contributed by atoms with Crippen molar-refractivity contribution in [2.45, 2.75) is 20.3 Å². The normalized spacial score (nSPS) is 12.9. The highest BCUT2D eigenvalue weighted by Gasteiger charge is 1.95. The first-order chi connectivity index (χ1) is 7.60. The fourth-order valence-electron chi connectivity index (χ4n) is 0.894. The Morgan fingerprint density at radius 2 is 2.12 bits per heavy atom. The standard InChI is InChI=1S/C13H18FNO/c1-4-6-7-13(16)15-10-12(5-2)9-8-11(3)14/h5-9H,2,4,10H2,1,3H3,(H,15,16)/b7-6+,11-8+,12-9+. The Labute approximate surface area is 96.2 Å². The molecule has 0 heterocycles. The van der Waals surface area contributed by atoms with E-state index in [1.54, 1.807) is 18.2 Å². The highest BCUT2D eigenvalue weighted by atomic mass is 19.1. The molecule has 0 atom stereocenters. The molecule has 0 fully saturated rings. The van der Waals surface area contributed by atoms with E-state index < -0.39 is 0 Å². The second-order valence-electron chi connectivity index (χ2n) is 3.23. The van der Waals surface area contributed by atoms with Gasteiger partial charge in [-0.2, -0.15) is 0 Å². The minimum absolute atomic E-state index is 0.157. The van der Waals surface area contributed by atoms with Gasteiger partial charge in [-0.05, 0) is 31.1 Å². The lowest BCUT2D eigenvalue weighted by molar-refractivity contribution is -0.116. The van der Waals surface area contributed by atoms with Crippen LogP contribution in [-0.2, 0) is 4.79 Å². The third-order valence-corrected chi connectivity index (χ3v) is 1.76. The lowest BCUT2D eigenvalue weighted by Gasteiger charge is -2.02. The zero-order chi connectivity index (χ0) is 12.4. The van der Waals surface area contributed by atoms with Gasteiger partial charge in [-0.1, -0.05) is 31.7 Å². The Kier molecular flexibility index (Phi) is 7.76. The van der Waals surface area contributed by atoms with E-state index in [-0.39, 0.29) is 11.7 Å². The van der Waals surface area contributed by atoms with Crippen molar-refractivity contribution in [3.63, 3.8) is 0 Å². The number of carbonyl (C=O) groups is 1. The summed E-state index contributed by atoms with van der Waals surface area (Å²) < 4.78 is 12.4. The third kappa shape index (κ3) is 7.74. The van der Waals surface area contributed by atoms with Gasteiger partial charge in [0.15, 0.2) is 0 Å². The van der Waals surface area contributed by atoms with Crippen molar-refractivity contribution in [1.82, 2.24) is 5.32 Å². The minimum Gasteiger partial charge on any atom is -0.348 e. The summed E-state index contributed by atoms with van der Waals surface area (Å²) in [4.78, 5) is 11.2. The molecule has 0 aromatic heterocycles. The zero-order valence-corrected chi connectivity index (χ0v) is 9.79. The van der Waals surface area contributed by atoms with Crippen LogP contribution < -0.4 is 5.32 Å². The number of nitrogens with one attached hydrogen (secondary N) is 1. The zero-order valence-electron chi connectivity index (χ0n) is 9.79. The highest BCUT2D eigenvalue weighted by Crippen LogP contribution is 1.99. The summed E-state index contributed by atoms with van der Waals surface area (Å²) in [5, 5.41) is 2.68. The molecule has 1 N–H and O–H groups in total. The van der Waals surface area contributed by atoms with E-state index in [0.29, 0.717) is 6.54 Å². The third-order valence-electron chi connectivity index (χ3n) is 1.76. The molecule has 0 aromatic carbocycles. The summed E-state index contributed by atoms with van der Waals surface area (Å²) in [6, 6.07) is 0. The van der Waals surface area contributed by atoms with E-state index in [0.717, 1.165) is 12.0 Å². The Balaban J connectivity index is 4.21. The molecule has 2 nitrogen and oxygen atoms in total.